The fourth-order valence-corrected chi connectivity index (χ4v) is 4.47. The average Bonchev–Trinajstić information content (AvgIpc) is 2.79. The van der Waals surface area contributed by atoms with Crippen molar-refractivity contribution in [2.45, 2.75) is 44.1 Å². The van der Waals surface area contributed by atoms with E-state index in [4.69, 9.17) is 4.74 Å². The van der Waals surface area contributed by atoms with Gasteiger partial charge in [0.2, 0.25) is 0 Å². The van der Waals surface area contributed by atoms with E-state index in [9.17, 15) is 4.79 Å². The third-order valence-electron chi connectivity index (χ3n) is 6.14. The summed E-state index contributed by atoms with van der Waals surface area (Å²) in [6.07, 6.45) is 5.15. The van der Waals surface area contributed by atoms with E-state index in [0.717, 1.165) is 43.4 Å². The van der Waals surface area contributed by atoms with Gasteiger partial charge in [0.1, 0.15) is 11.9 Å². The maximum atomic E-state index is 11.8. The first-order valence-corrected chi connectivity index (χ1v) is 10.8. The topological polar surface area (TPSA) is 63.2 Å². The molecule has 5 heteroatoms. The minimum absolute atomic E-state index is 0.0129. The van der Waals surface area contributed by atoms with Gasteiger partial charge in [0.05, 0.1) is 0 Å². The summed E-state index contributed by atoms with van der Waals surface area (Å²) in [5, 5.41) is 8.69. The number of alkyl carbamates (subject to hydrolysis) is 1. The van der Waals surface area contributed by atoms with Crippen LogP contribution in [0.3, 0.4) is 0 Å². The molecule has 1 fully saturated rings. The molecule has 1 aliphatic rings. The van der Waals surface area contributed by atoms with Crippen LogP contribution in [-0.4, -0.2) is 30.3 Å². The summed E-state index contributed by atoms with van der Waals surface area (Å²) in [7, 11) is 0. The summed E-state index contributed by atoms with van der Waals surface area (Å²) in [6.45, 7) is 3.28. The van der Waals surface area contributed by atoms with Crippen molar-refractivity contribution in [3.05, 3.63) is 72.4 Å². The number of carbonyl (C=O) groups is 1. The fourth-order valence-electron chi connectivity index (χ4n) is 4.47. The molecule has 2 N–H and O–H groups in total. The number of rotatable bonds is 6. The summed E-state index contributed by atoms with van der Waals surface area (Å²) in [5.74, 6) is 0.920. The molecule has 1 amide bonds. The van der Waals surface area contributed by atoms with Crippen LogP contribution in [0.4, 0.5) is 10.6 Å². The van der Waals surface area contributed by atoms with Crippen LogP contribution in [0.5, 0.6) is 0 Å². The van der Waals surface area contributed by atoms with Crippen LogP contribution >= 0.6 is 0 Å². The van der Waals surface area contributed by atoms with Crippen molar-refractivity contribution in [1.82, 2.24) is 10.3 Å². The molecule has 1 aliphatic carbocycles. The van der Waals surface area contributed by atoms with Crippen molar-refractivity contribution >= 4 is 22.7 Å². The lowest BCUT2D eigenvalue weighted by molar-refractivity contribution is 0.0594. The molecule has 0 radical (unpaired) electrons. The Morgan fingerprint density at radius 2 is 1.80 bits per heavy atom. The molecular weight excluding hydrogens is 374 g/mol. The maximum Gasteiger partial charge on any atom is 0.407 e. The van der Waals surface area contributed by atoms with E-state index >= 15 is 0 Å². The predicted octanol–water partition coefficient (Wildman–Crippen LogP) is 5.27. The summed E-state index contributed by atoms with van der Waals surface area (Å²) in [4.78, 5) is 16.4. The quantitative estimate of drug-likeness (QED) is 0.588. The van der Waals surface area contributed by atoms with E-state index < -0.39 is 0 Å². The van der Waals surface area contributed by atoms with Gasteiger partial charge in [-0.15, -0.1) is 0 Å². The molecule has 30 heavy (non-hydrogen) atoms. The number of anilines is 1. The lowest BCUT2D eigenvalue weighted by Crippen LogP contribution is -2.41. The molecule has 2 aromatic carbocycles. The molecule has 3 aromatic rings. The zero-order valence-corrected chi connectivity index (χ0v) is 17.4. The molecule has 0 saturated heterocycles. The number of hydrogen-bond acceptors (Lipinski definition) is 4. The van der Waals surface area contributed by atoms with Gasteiger partial charge in [0.15, 0.2) is 0 Å². The van der Waals surface area contributed by atoms with Crippen LogP contribution in [0, 0.1) is 0 Å². The number of aromatic nitrogens is 1. The Morgan fingerprint density at radius 1 is 1.07 bits per heavy atom. The molecular formula is C25H29N3O2. The third kappa shape index (κ3) is 4.40. The Labute approximate surface area is 177 Å². The van der Waals surface area contributed by atoms with Gasteiger partial charge >= 0.3 is 6.09 Å². The van der Waals surface area contributed by atoms with Gasteiger partial charge in [-0.2, -0.15) is 0 Å². The number of ether oxygens (including phenoxy) is 1. The second-order valence-corrected chi connectivity index (χ2v) is 8.02. The second kappa shape index (κ2) is 9.16. The molecule has 1 saturated carbocycles. The number of pyridine rings is 1. The second-order valence-electron chi connectivity index (χ2n) is 8.02. The Bertz CT molecular complexity index is 977. The largest absolute Gasteiger partial charge is 0.446 e. The molecule has 0 atom stereocenters. The maximum absolute atomic E-state index is 11.8. The zero-order chi connectivity index (χ0) is 20.8. The van der Waals surface area contributed by atoms with Gasteiger partial charge in [-0.3, -0.25) is 0 Å². The number of benzene rings is 2. The van der Waals surface area contributed by atoms with E-state index in [1.54, 1.807) is 0 Å². The summed E-state index contributed by atoms with van der Waals surface area (Å²) in [6, 6.07) is 21.0. The molecule has 0 bridgehead atoms. The number of carbonyl (C=O) groups excluding carboxylic acids is 1. The summed E-state index contributed by atoms with van der Waals surface area (Å²) in [5.41, 5.74) is 1.32. The highest BCUT2D eigenvalue weighted by atomic mass is 16.6. The molecule has 0 unspecified atom stereocenters. The molecule has 1 heterocycles. The smallest absolute Gasteiger partial charge is 0.407 e. The number of fused-ring (bicyclic) bond motifs is 1. The van der Waals surface area contributed by atoms with Crippen LogP contribution in [0.15, 0.2) is 66.9 Å². The highest BCUT2D eigenvalue weighted by molar-refractivity contribution is 5.91. The standard InChI is InChI=1S/C25H29N3O2/c1-2-26-24(29)30-21-12-15-25(16-13-21,20-9-4-3-5-10-20)18-28-23-22-11-7-6-8-19(22)14-17-27-23/h3-11,14,17,21H,2,12-13,15-16,18H2,1H3,(H,26,29)(H,27,28)/t21-,25+. The van der Waals surface area contributed by atoms with Crippen LogP contribution in [0.1, 0.15) is 38.2 Å². The van der Waals surface area contributed by atoms with E-state index in [1.165, 1.54) is 10.9 Å². The van der Waals surface area contributed by atoms with Crippen molar-refractivity contribution in [3.8, 4) is 0 Å². The van der Waals surface area contributed by atoms with E-state index in [1.807, 2.05) is 31.3 Å². The normalized spacial score (nSPS) is 21.2. The van der Waals surface area contributed by atoms with Crippen LogP contribution < -0.4 is 10.6 Å². The minimum atomic E-state index is -0.312. The number of hydrogen-bond donors (Lipinski definition) is 2. The van der Waals surface area contributed by atoms with Gasteiger partial charge in [-0.1, -0.05) is 54.6 Å². The first-order valence-electron chi connectivity index (χ1n) is 10.8. The third-order valence-corrected chi connectivity index (χ3v) is 6.14. The number of nitrogens with one attached hydrogen (secondary N) is 2. The van der Waals surface area contributed by atoms with E-state index in [-0.39, 0.29) is 17.6 Å². The molecule has 4 rings (SSSR count). The number of amides is 1. The van der Waals surface area contributed by atoms with Crippen LogP contribution in [0.25, 0.3) is 10.8 Å². The Kier molecular flexibility index (Phi) is 6.17. The van der Waals surface area contributed by atoms with E-state index in [0.29, 0.717) is 6.54 Å². The summed E-state index contributed by atoms with van der Waals surface area (Å²) >= 11 is 0. The minimum Gasteiger partial charge on any atom is -0.446 e. The number of nitrogens with zero attached hydrogens (tertiary/aromatic N) is 1. The Morgan fingerprint density at radius 3 is 2.57 bits per heavy atom. The van der Waals surface area contributed by atoms with Gasteiger partial charge in [-0.05, 0) is 49.6 Å². The fraction of sp³-hybridized carbons (Fsp3) is 0.360. The highest BCUT2D eigenvalue weighted by Gasteiger charge is 2.38. The van der Waals surface area contributed by atoms with Crippen molar-refractivity contribution in [2.24, 2.45) is 0 Å². The van der Waals surface area contributed by atoms with Crippen molar-refractivity contribution in [2.75, 3.05) is 18.4 Å². The summed E-state index contributed by atoms with van der Waals surface area (Å²) < 4.78 is 5.60. The lowest BCUT2D eigenvalue weighted by Gasteiger charge is -2.40. The van der Waals surface area contributed by atoms with E-state index in [2.05, 4.69) is 58.1 Å². The monoisotopic (exact) mass is 403 g/mol. The first kappa shape index (κ1) is 20.2. The van der Waals surface area contributed by atoms with Gasteiger partial charge in [0.25, 0.3) is 0 Å². The predicted molar refractivity (Wildman–Crippen MR) is 121 cm³/mol. The van der Waals surface area contributed by atoms with Crippen LogP contribution in [-0.2, 0) is 10.2 Å². The lowest BCUT2D eigenvalue weighted by atomic mass is 9.68. The molecule has 0 aliphatic heterocycles. The highest BCUT2D eigenvalue weighted by Crippen LogP contribution is 2.40. The van der Waals surface area contributed by atoms with Gasteiger partial charge in [-0.25, -0.2) is 9.78 Å². The zero-order valence-electron chi connectivity index (χ0n) is 17.4. The molecule has 1 aromatic heterocycles. The molecule has 5 nitrogen and oxygen atoms in total. The van der Waals surface area contributed by atoms with Gasteiger partial charge < -0.3 is 15.4 Å². The van der Waals surface area contributed by atoms with Crippen LogP contribution in [0.2, 0.25) is 0 Å². The van der Waals surface area contributed by atoms with Gasteiger partial charge in [0, 0.05) is 30.1 Å². The van der Waals surface area contributed by atoms with Crippen molar-refractivity contribution in [3.63, 3.8) is 0 Å². The average molecular weight is 404 g/mol. The Balaban J connectivity index is 1.52. The first-order chi connectivity index (χ1) is 14.7. The van der Waals surface area contributed by atoms with Crippen molar-refractivity contribution < 1.29 is 9.53 Å². The Hall–Kier alpha value is -3.08. The SMILES string of the molecule is CCNC(=O)O[C@H]1CC[C@@](CNc2nccc3ccccc23)(c2ccccc2)CC1. The molecule has 0 spiro atoms. The van der Waals surface area contributed by atoms with Crippen molar-refractivity contribution in [1.29, 1.82) is 0 Å². The molecule has 156 valence electrons.